The Morgan fingerprint density at radius 3 is 2.67 bits per heavy atom. The van der Waals surface area contributed by atoms with Gasteiger partial charge in [-0.15, -0.1) is 0 Å². The molecule has 0 saturated heterocycles. The molecule has 0 saturated carbocycles. The summed E-state index contributed by atoms with van der Waals surface area (Å²) < 4.78 is 10.7. The first kappa shape index (κ1) is 21.0. The van der Waals surface area contributed by atoms with Crippen LogP contribution in [0.2, 0.25) is 0 Å². The normalized spacial score (nSPS) is 18.7. The Hall–Kier alpha value is -3.90. The quantitative estimate of drug-likeness (QED) is 0.582. The summed E-state index contributed by atoms with van der Waals surface area (Å²) in [7, 11) is 0. The van der Waals surface area contributed by atoms with Gasteiger partial charge in [0.05, 0.1) is 18.7 Å². The van der Waals surface area contributed by atoms with Crippen molar-refractivity contribution in [3.8, 4) is 11.5 Å². The molecule has 3 aromatic carbocycles. The first-order valence-electron chi connectivity index (χ1n) is 10.7. The molecule has 2 heterocycles. The zero-order valence-electron chi connectivity index (χ0n) is 18.2. The molecule has 1 atom stereocenters. The second-order valence-electron chi connectivity index (χ2n) is 8.28. The van der Waals surface area contributed by atoms with Gasteiger partial charge >= 0.3 is 0 Å². The molecule has 6 nitrogen and oxygen atoms in total. The summed E-state index contributed by atoms with van der Waals surface area (Å²) in [6.45, 7) is 2.49. The van der Waals surface area contributed by atoms with E-state index < -0.39 is 11.5 Å². The number of carbonyl (C=O) groups is 2. The van der Waals surface area contributed by atoms with E-state index in [2.05, 4.69) is 0 Å². The predicted octanol–water partition coefficient (Wildman–Crippen LogP) is 4.13. The van der Waals surface area contributed by atoms with Crippen LogP contribution in [0.4, 0.5) is 5.69 Å². The fourth-order valence-corrected chi connectivity index (χ4v) is 4.31. The zero-order chi connectivity index (χ0) is 23.0. The molecule has 0 unspecified atom stereocenters. The average molecular weight is 441 g/mol. The number of aryl methyl sites for hydroxylation is 1. The van der Waals surface area contributed by atoms with Gasteiger partial charge in [-0.2, -0.15) is 0 Å². The van der Waals surface area contributed by atoms with Gasteiger partial charge in [-0.3, -0.25) is 9.59 Å². The first-order valence-corrected chi connectivity index (χ1v) is 10.7. The lowest BCUT2D eigenvalue weighted by atomic mass is 9.89. The summed E-state index contributed by atoms with van der Waals surface area (Å²) in [5.74, 6) is 0.442. The zero-order valence-corrected chi connectivity index (χ0v) is 18.2. The van der Waals surface area contributed by atoms with Gasteiger partial charge in [-0.05, 0) is 47.9 Å². The molecule has 0 radical (unpaired) electrons. The number of para-hydroxylation sites is 1. The third-order valence-electron chi connectivity index (χ3n) is 6.12. The van der Waals surface area contributed by atoms with Crippen molar-refractivity contribution >= 4 is 23.5 Å². The standard InChI is InChI=1S/C27H23NO5/c1-18-6-2-3-7-20(18)16-28-23-9-5-4-8-22(23)27(31,26(28)30)15-21(29)12-10-19-11-13-24-25(14-19)33-17-32-24/h2-14,31H,15-17H2,1H3/b12-10+/t27-/m1/s1. The maximum absolute atomic E-state index is 13.4. The lowest BCUT2D eigenvalue weighted by Gasteiger charge is -2.23. The number of benzene rings is 3. The number of anilines is 1. The molecule has 1 N–H and O–H groups in total. The average Bonchev–Trinajstić information content (AvgIpc) is 3.36. The Labute approximate surface area is 191 Å². The minimum absolute atomic E-state index is 0.176. The molecule has 0 aliphatic carbocycles. The van der Waals surface area contributed by atoms with E-state index in [9.17, 15) is 14.7 Å². The van der Waals surface area contributed by atoms with Crippen LogP contribution < -0.4 is 14.4 Å². The smallest absolute Gasteiger partial charge is 0.264 e. The largest absolute Gasteiger partial charge is 0.454 e. The van der Waals surface area contributed by atoms with Crippen LogP contribution in [0.5, 0.6) is 11.5 Å². The third-order valence-corrected chi connectivity index (χ3v) is 6.12. The highest BCUT2D eigenvalue weighted by Gasteiger charge is 2.50. The molecular formula is C27H23NO5. The van der Waals surface area contributed by atoms with Gasteiger partial charge in [-0.25, -0.2) is 0 Å². The van der Waals surface area contributed by atoms with E-state index in [-0.39, 0.29) is 19.0 Å². The fourth-order valence-electron chi connectivity index (χ4n) is 4.31. The molecule has 33 heavy (non-hydrogen) atoms. The number of amides is 1. The Balaban J connectivity index is 1.38. The van der Waals surface area contributed by atoms with E-state index in [0.29, 0.717) is 29.3 Å². The second-order valence-corrected chi connectivity index (χ2v) is 8.28. The molecule has 2 aliphatic heterocycles. The number of nitrogens with zero attached hydrogens (tertiary/aromatic N) is 1. The summed E-state index contributed by atoms with van der Waals surface area (Å²) >= 11 is 0. The van der Waals surface area contributed by atoms with E-state index >= 15 is 0 Å². The Kier molecular flexibility index (Phi) is 5.23. The van der Waals surface area contributed by atoms with E-state index in [4.69, 9.17) is 9.47 Å². The topological polar surface area (TPSA) is 76.1 Å². The molecule has 3 aromatic rings. The summed E-state index contributed by atoms with van der Waals surface area (Å²) in [4.78, 5) is 27.8. The van der Waals surface area contributed by atoms with Crippen LogP contribution >= 0.6 is 0 Å². The molecule has 0 aromatic heterocycles. The van der Waals surface area contributed by atoms with Crippen LogP contribution in [0, 0.1) is 6.92 Å². The van der Waals surface area contributed by atoms with E-state index in [0.717, 1.165) is 16.7 Å². The Morgan fingerprint density at radius 1 is 1.06 bits per heavy atom. The molecule has 166 valence electrons. The van der Waals surface area contributed by atoms with E-state index in [1.54, 1.807) is 41.3 Å². The van der Waals surface area contributed by atoms with Crippen LogP contribution in [0.25, 0.3) is 6.08 Å². The van der Waals surface area contributed by atoms with Crippen LogP contribution in [-0.4, -0.2) is 23.6 Å². The molecule has 5 rings (SSSR count). The lowest BCUT2D eigenvalue weighted by Crippen LogP contribution is -2.41. The summed E-state index contributed by atoms with van der Waals surface area (Å²) in [6.07, 6.45) is 2.69. The van der Waals surface area contributed by atoms with Gasteiger partial charge < -0.3 is 19.5 Å². The van der Waals surface area contributed by atoms with Gasteiger partial charge in [0.15, 0.2) is 22.9 Å². The van der Waals surface area contributed by atoms with Gasteiger partial charge in [-0.1, -0.05) is 54.6 Å². The maximum Gasteiger partial charge on any atom is 0.264 e. The van der Waals surface area contributed by atoms with Gasteiger partial charge in [0.25, 0.3) is 5.91 Å². The lowest BCUT2D eigenvalue weighted by molar-refractivity contribution is -0.140. The van der Waals surface area contributed by atoms with E-state index in [1.807, 2.05) is 43.3 Å². The number of aliphatic hydroxyl groups is 1. The number of allylic oxidation sites excluding steroid dienone is 1. The van der Waals surface area contributed by atoms with Crippen molar-refractivity contribution in [2.45, 2.75) is 25.5 Å². The van der Waals surface area contributed by atoms with Crippen molar-refractivity contribution in [3.05, 3.63) is 95.1 Å². The number of hydrogen-bond acceptors (Lipinski definition) is 5. The monoisotopic (exact) mass is 441 g/mol. The van der Waals surface area contributed by atoms with Crippen LogP contribution in [0.1, 0.15) is 28.7 Å². The van der Waals surface area contributed by atoms with Crippen LogP contribution in [0.3, 0.4) is 0 Å². The molecule has 6 heteroatoms. The maximum atomic E-state index is 13.4. The number of carbonyl (C=O) groups excluding carboxylic acids is 2. The van der Waals surface area contributed by atoms with Crippen molar-refractivity contribution in [2.75, 3.05) is 11.7 Å². The van der Waals surface area contributed by atoms with Crippen LogP contribution in [-0.2, 0) is 21.7 Å². The highest BCUT2D eigenvalue weighted by atomic mass is 16.7. The number of rotatable bonds is 6. The molecule has 0 fully saturated rings. The highest BCUT2D eigenvalue weighted by molar-refractivity contribution is 6.10. The van der Waals surface area contributed by atoms with E-state index in [1.165, 1.54) is 6.08 Å². The SMILES string of the molecule is Cc1ccccc1CN1C(=O)[C@@](O)(CC(=O)/C=C/c2ccc3c(c2)OCO3)c2ccccc21. The molecular weight excluding hydrogens is 418 g/mol. The predicted molar refractivity (Wildman–Crippen MR) is 124 cm³/mol. The molecule has 0 bridgehead atoms. The third kappa shape index (κ3) is 3.79. The molecule has 2 aliphatic rings. The number of fused-ring (bicyclic) bond motifs is 2. The molecule has 1 amide bonds. The van der Waals surface area contributed by atoms with Gasteiger partial charge in [0, 0.05) is 5.56 Å². The summed E-state index contributed by atoms with van der Waals surface area (Å²) in [5.41, 5.74) is 1.98. The van der Waals surface area contributed by atoms with Crippen molar-refractivity contribution in [1.29, 1.82) is 0 Å². The number of ether oxygens (including phenoxy) is 2. The Morgan fingerprint density at radius 2 is 1.82 bits per heavy atom. The van der Waals surface area contributed by atoms with Crippen molar-refractivity contribution in [2.24, 2.45) is 0 Å². The molecule has 0 spiro atoms. The number of hydrogen-bond donors (Lipinski definition) is 1. The van der Waals surface area contributed by atoms with Crippen molar-refractivity contribution in [3.63, 3.8) is 0 Å². The first-order chi connectivity index (χ1) is 16.0. The second kappa shape index (κ2) is 8.22. The van der Waals surface area contributed by atoms with Gasteiger partial charge in [0.2, 0.25) is 6.79 Å². The minimum atomic E-state index is -1.91. The van der Waals surface area contributed by atoms with Crippen molar-refractivity contribution < 1.29 is 24.2 Å². The fraction of sp³-hybridized carbons (Fsp3) is 0.185. The summed E-state index contributed by atoms with van der Waals surface area (Å²) in [5, 5.41) is 11.4. The van der Waals surface area contributed by atoms with Crippen LogP contribution in [0.15, 0.2) is 72.8 Å². The highest BCUT2D eigenvalue weighted by Crippen LogP contribution is 2.43. The minimum Gasteiger partial charge on any atom is -0.454 e. The summed E-state index contributed by atoms with van der Waals surface area (Å²) in [6, 6.07) is 20.3. The number of ketones is 1. The van der Waals surface area contributed by atoms with Crippen molar-refractivity contribution in [1.82, 2.24) is 0 Å². The van der Waals surface area contributed by atoms with Gasteiger partial charge in [0.1, 0.15) is 0 Å². The Bertz CT molecular complexity index is 1280.